The molecule has 1 fully saturated rings. The normalized spacial score (nSPS) is 18.2. The van der Waals surface area contributed by atoms with Crippen LogP contribution in [0.15, 0.2) is 36.7 Å². The van der Waals surface area contributed by atoms with Crippen LogP contribution in [0.1, 0.15) is 36.2 Å². The standard InChI is InChI=1S/C20H26N4O/c25-20(13-17-7-2-1-3-8-17)23-11-6-12-24-16-21-18(19(24)15-23)14-22-9-4-5-10-22/h1-3,7-8,16H,4-6,9-15H2. The van der Waals surface area contributed by atoms with E-state index >= 15 is 0 Å². The number of rotatable bonds is 4. The predicted octanol–water partition coefficient (Wildman–Crippen LogP) is 2.45. The summed E-state index contributed by atoms with van der Waals surface area (Å²) in [4.78, 5) is 21.9. The van der Waals surface area contributed by atoms with Gasteiger partial charge in [-0.3, -0.25) is 9.69 Å². The topological polar surface area (TPSA) is 41.4 Å². The van der Waals surface area contributed by atoms with Crippen molar-refractivity contribution in [3.63, 3.8) is 0 Å². The summed E-state index contributed by atoms with van der Waals surface area (Å²) in [5.74, 6) is 0.216. The van der Waals surface area contributed by atoms with E-state index in [0.29, 0.717) is 13.0 Å². The lowest BCUT2D eigenvalue weighted by Gasteiger charge is -2.21. The van der Waals surface area contributed by atoms with Gasteiger partial charge in [-0.05, 0) is 37.9 Å². The van der Waals surface area contributed by atoms with Gasteiger partial charge in [0.25, 0.3) is 0 Å². The Labute approximate surface area is 149 Å². The second-order valence-electron chi connectivity index (χ2n) is 7.15. The lowest BCUT2D eigenvalue weighted by Crippen LogP contribution is -2.32. The van der Waals surface area contributed by atoms with Gasteiger partial charge in [-0.1, -0.05) is 30.3 Å². The molecule has 1 saturated heterocycles. The van der Waals surface area contributed by atoms with Gasteiger partial charge in [0.05, 0.1) is 30.7 Å². The molecule has 0 N–H and O–H groups in total. The number of likely N-dealkylation sites (tertiary alicyclic amines) is 1. The Bertz CT molecular complexity index is 719. The van der Waals surface area contributed by atoms with Crippen LogP contribution in [0.3, 0.4) is 0 Å². The summed E-state index contributed by atoms with van der Waals surface area (Å²) in [7, 11) is 0. The first kappa shape index (κ1) is 16.3. The molecule has 1 aromatic heterocycles. The van der Waals surface area contributed by atoms with E-state index in [1.165, 1.54) is 31.6 Å². The third kappa shape index (κ3) is 3.76. The number of nitrogens with zero attached hydrogens (tertiary/aromatic N) is 4. The van der Waals surface area contributed by atoms with E-state index < -0.39 is 0 Å². The van der Waals surface area contributed by atoms with Crippen LogP contribution in [-0.2, 0) is 30.8 Å². The predicted molar refractivity (Wildman–Crippen MR) is 96.9 cm³/mol. The number of imidazole rings is 1. The van der Waals surface area contributed by atoms with E-state index in [-0.39, 0.29) is 5.91 Å². The first-order chi connectivity index (χ1) is 12.3. The molecule has 5 nitrogen and oxygen atoms in total. The Morgan fingerprint density at radius 3 is 2.60 bits per heavy atom. The monoisotopic (exact) mass is 338 g/mol. The van der Waals surface area contributed by atoms with Gasteiger partial charge in [0.2, 0.25) is 5.91 Å². The van der Waals surface area contributed by atoms with Gasteiger partial charge in [0, 0.05) is 19.6 Å². The van der Waals surface area contributed by atoms with Gasteiger partial charge in [-0.15, -0.1) is 0 Å². The zero-order valence-electron chi connectivity index (χ0n) is 14.7. The van der Waals surface area contributed by atoms with Crippen molar-refractivity contribution in [2.75, 3.05) is 19.6 Å². The highest BCUT2D eigenvalue weighted by Crippen LogP contribution is 2.20. The molecule has 0 saturated carbocycles. The number of hydrogen-bond acceptors (Lipinski definition) is 3. The van der Waals surface area contributed by atoms with Crippen molar-refractivity contribution < 1.29 is 4.79 Å². The third-order valence-corrected chi connectivity index (χ3v) is 5.32. The molecule has 25 heavy (non-hydrogen) atoms. The number of benzene rings is 1. The van der Waals surface area contributed by atoms with Crippen LogP contribution >= 0.6 is 0 Å². The van der Waals surface area contributed by atoms with Crippen LogP contribution in [0, 0.1) is 0 Å². The molecule has 3 heterocycles. The number of fused-ring (bicyclic) bond motifs is 1. The molecule has 2 aromatic rings. The van der Waals surface area contributed by atoms with Crippen molar-refractivity contribution >= 4 is 5.91 Å². The molecule has 0 bridgehead atoms. The molecule has 0 atom stereocenters. The largest absolute Gasteiger partial charge is 0.336 e. The van der Waals surface area contributed by atoms with Gasteiger partial charge in [-0.2, -0.15) is 0 Å². The van der Waals surface area contributed by atoms with Gasteiger partial charge in [0.1, 0.15) is 0 Å². The average molecular weight is 338 g/mol. The minimum atomic E-state index is 0.216. The summed E-state index contributed by atoms with van der Waals surface area (Å²) in [5.41, 5.74) is 3.47. The maximum Gasteiger partial charge on any atom is 0.227 e. The molecular formula is C20H26N4O. The van der Waals surface area contributed by atoms with E-state index in [4.69, 9.17) is 0 Å². The zero-order chi connectivity index (χ0) is 17.1. The van der Waals surface area contributed by atoms with Crippen molar-refractivity contribution in [1.29, 1.82) is 0 Å². The number of hydrogen-bond donors (Lipinski definition) is 0. The minimum Gasteiger partial charge on any atom is -0.336 e. The summed E-state index contributed by atoms with van der Waals surface area (Å²) in [6, 6.07) is 10.0. The SMILES string of the molecule is O=C(Cc1ccccc1)N1CCCn2cnc(CN3CCCC3)c2C1. The van der Waals surface area contributed by atoms with E-state index in [1.807, 2.05) is 41.6 Å². The van der Waals surface area contributed by atoms with Crippen LogP contribution < -0.4 is 0 Å². The lowest BCUT2D eigenvalue weighted by atomic mass is 10.1. The van der Waals surface area contributed by atoms with Crippen molar-refractivity contribution in [3.05, 3.63) is 53.6 Å². The molecule has 1 aromatic carbocycles. The number of aromatic nitrogens is 2. The van der Waals surface area contributed by atoms with Crippen LogP contribution in [0.25, 0.3) is 0 Å². The Kier molecular flexibility index (Phi) is 4.83. The fourth-order valence-electron chi connectivity index (χ4n) is 3.90. The summed E-state index contributed by atoms with van der Waals surface area (Å²) in [6.45, 7) is 5.73. The molecule has 4 rings (SSSR count). The first-order valence-corrected chi connectivity index (χ1v) is 9.36. The van der Waals surface area contributed by atoms with Crippen molar-refractivity contribution in [3.8, 4) is 0 Å². The van der Waals surface area contributed by atoms with Crippen LogP contribution in [-0.4, -0.2) is 44.9 Å². The molecule has 5 heteroatoms. The quantitative estimate of drug-likeness (QED) is 0.860. The number of amides is 1. The molecular weight excluding hydrogens is 312 g/mol. The van der Waals surface area contributed by atoms with Gasteiger partial charge < -0.3 is 9.47 Å². The van der Waals surface area contributed by atoms with Crippen molar-refractivity contribution in [2.45, 2.75) is 45.3 Å². The van der Waals surface area contributed by atoms with Crippen LogP contribution in [0.4, 0.5) is 0 Å². The molecule has 2 aliphatic rings. The molecule has 0 spiro atoms. The number of aryl methyl sites for hydroxylation is 1. The van der Waals surface area contributed by atoms with Gasteiger partial charge in [0.15, 0.2) is 0 Å². The first-order valence-electron chi connectivity index (χ1n) is 9.36. The van der Waals surface area contributed by atoms with E-state index in [2.05, 4.69) is 14.5 Å². The maximum atomic E-state index is 12.8. The van der Waals surface area contributed by atoms with Crippen LogP contribution in [0.2, 0.25) is 0 Å². The fourth-order valence-corrected chi connectivity index (χ4v) is 3.90. The molecule has 0 unspecified atom stereocenters. The minimum absolute atomic E-state index is 0.216. The summed E-state index contributed by atoms with van der Waals surface area (Å²) >= 11 is 0. The third-order valence-electron chi connectivity index (χ3n) is 5.32. The molecule has 2 aliphatic heterocycles. The van der Waals surface area contributed by atoms with E-state index in [9.17, 15) is 4.79 Å². The Hall–Kier alpha value is -2.14. The zero-order valence-corrected chi connectivity index (χ0v) is 14.7. The second-order valence-corrected chi connectivity index (χ2v) is 7.15. The molecule has 0 radical (unpaired) electrons. The second kappa shape index (κ2) is 7.40. The maximum absolute atomic E-state index is 12.8. The summed E-state index contributed by atoms with van der Waals surface area (Å²) in [6.07, 6.45) is 6.02. The smallest absolute Gasteiger partial charge is 0.227 e. The highest BCUT2D eigenvalue weighted by atomic mass is 16.2. The van der Waals surface area contributed by atoms with Crippen molar-refractivity contribution in [1.82, 2.24) is 19.4 Å². The Morgan fingerprint density at radius 2 is 1.80 bits per heavy atom. The molecule has 132 valence electrons. The summed E-state index contributed by atoms with van der Waals surface area (Å²) < 4.78 is 2.25. The molecule has 1 amide bonds. The van der Waals surface area contributed by atoms with Crippen LogP contribution in [0.5, 0.6) is 0 Å². The van der Waals surface area contributed by atoms with Gasteiger partial charge >= 0.3 is 0 Å². The van der Waals surface area contributed by atoms with Gasteiger partial charge in [-0.25, -0.2) is 4.98 Å². The Morgan fingerprint density at radius 1 is 1.00 bits per heavy atom. The molecule has 0 aliphatic carbocycles. The number of carbonyl (C=O) groups excluding carboxylic acids is 1. The Balaban J connectivity index is 1.47. The number of carbonyl (C=O) groups is 1. The van der Waals surface area contributed by atoms with Crippen molar-refractivity contribution in [2.24, 2.45) is 0 Å². The lowest BCUT2D eigenvalue weighted by molar-refractivity contribution is -0.131. The highest BCUT2D eigenvalue weighted by Gasteiger charge is 2.23. The average Bonchev–Trinajstić information content (AvgIpc) is 3.21. The summed E-state index contributed by atoms with van der Waals surface area (Å²) in [5, 5.41) is 0. The van der Waals surface area contributed by atoms with E-state index in [1.54, 1.807) is 0 Å². The highest BCUT2D eigenvalue weighted by molar-refractivity contribution is 5.78. The fraction of sp³-hybridized carbons (Fsp3) is 0.500. The van der Waals surface area contributed by atoms with E-state index in [0.717, 1.165) is 37.3 Å².